The van der Waals surface area contributed by atoms with Gasteiger partial charge in [-0.3, -0.25) is 9.97 Å². The van der Waals surface area contributed by atoms with Crippen LogP contribution >= 0.6 is 0 Å². The third kappa shape index (κ3) is 4.66. The lowest BCUT2D eigenvalue weighted by Crippen LogP contribution is -2.52. The molecule has 0 radical (unpaired) electrons. The van der Waals surface area contributed by atoms with Crippen molar-refractivity contribution in [3.8, 4) is 16.9 Å². The van der Waals surface area contributed by atoms with Gasteiger partial charge in [-0.25, -0.2) is 9.83 Å². The van der Waals surface area contributed by atoms with Gasteiger partial charge in [0.2, 0.25) is 0 Å². The fraction of sp³-hybridized carbons (Fsp3) is 0.310. The lowest BCUT2D eigenvalue weighted by Gasteiger charge is -2.41. The number of methoxy groups -OCH3 is 1. The van der Waals surface area contributed by atoms with Gasteiger partial charge in [-0.15, -0.1) is 0 Å². The van der Waals surface area contributed by atoms with Crippen LogP contribution in [0, 0.1) is 6.57 Å². The van der Waals surface area contributed by atoms with E-state index in [0.717, 1.165) is 58.9 Å². The minimum absolute atomic E-state index is 0.184. The SMILES string of the molecule is [C-]#[N+]c1ccc(-c2cccc3c(OC)c(N4CCN(c5cnc(C(C)(C)O)cn5)C(C)C4)cnc23)cc1. The largest absolute Gasteiger partial charge is 0.494 e. The summed E-state index contributed by atoms with van der Waals surface area (Å²) in [6, 6.07) is 13.9. The molecule has 2 aromatic carbocycles. The van der Waals surface area contributed by atoms with Gasteiger partial charge in [0.25, 0.3) is 0 Å². The van der Waals surface area contributed by atoms with Crippen molar-refractivity contribution in [2.75, 3.05) is 36.5 Å². The van der Waals surface area contributed by atoms with E-state index in [2.05, 4.69) is 31.5 Å². The van der Waals surface area contributed by atoms with Crippen LogP contribution in [0.15, 0.2) is 61.1 Å². The monoisotopic (exact) mass is 494 g/mol. The topological polar surface area (TPSA) is 79.0 Å². The standard InChI is InChI=1S/C29H30N6O2/c1-19-18-34(13-14-35(19)26-17-31-25(16-32-26)29(2,3)36)24-15-33-27-22(7-6-8-23(27)28(24)37-5)20-9-11-21(30-4)12-10-20/h6-12,15-17,19,36H,13-14,18H2,1-3,5H3. The predicted octanol–water partition coefficient (Wildman–Crippen LogP) is 5.19. The van der Waals surface area contributed by atoms with Gasteiger partial charge < -0.3 is 19.6 Å². The van der Waals surface area contributed by atoms with Gasteiger partial charge >= 0.3 is 0 Å². The van der Waals surface area contributed by atoms with Crippen LogP contribution in [-0.4, -0.2) is 52.8 Å². The Balaban J connectivity index is 1.42. The summed E-state index contributed by atoms with van der Waals surface area (Å²) in [6.45, 7) is 15.1. The van der Waals surface area contributed by atoms with Crippen LogP contribution in [-0.2, 0) is 5.60 Å². The van der Waals surface area contributed by atoms with Crippen LogP contribution in [0.25, 0.3) is 26.9 Å². The second-order valence-corrected chi connectivity index (χ2v) is 9.84. The molecule has 1 fully saturated rings. The number of fused-ring (bicyclic) bond motifs is 1. The van der Waals surface area contributed by atoms with Crippen LogP contribution in [0.1, 0.15) is 26.5 Å². The van der Waals surface area contributed by atoms with Gasteiger partial charge in [-0.2, -0.15) is 0 Å². The van der Waals surface area contributed by atoms with Crippen molar-refractivity contribution in [3.63, 3.8) is 0 Å². The molecule has 0 aliphatic carbocycles. The summed E-state index contributed by atoms with van der Waals surface area (Å²) in [7, 11) is 1.70. The molecule has 3 heterocycles. The van der Waals surface area contributed by atoms with Crippen molar-refractivity contribution in [2.24, 2.45) is 0 Å². The van der Waals surface area contributed by atoms with Gasteiger partial charge in [0.1, 0.15) is 11.4 Å². The minimum atomic E-state index is -1.02. The van der Waals surface area contributed by atoms with Crippen molar-refractivity contribution in [3.05, 3.63) is 78.2 Å². The molecule has 1 unspecified atom stereocenters. The smallest absolute Gasteiger partial charge is 0.187 e. The molecule has 1 atom stereocenters. The molecule has 2 aromatic heterocycles. The van der Waals surface area contributed by atoms with Crippen LogP contribution < -0.4 is 14.5 Å². The Morgan fingerprint density at radius 1 is 1.03 bits per heavy atom. The fourth-order valence-corrected chi connectivity index (χ4v) is 4.88. The zero-order valence-electron chi connectivity index (χ0n) is 21.5. The van der Waals surface area contributed by atoms with Gasteiger partial charge in [0.05, 0.1) is 49.2 Å². The van der Waals surface area contributed by atoms with Crippen LogP contribution in [0.3, 0.4) is 0 Å². The molecule has 188 valence electrons. The van der Waals surface area contributed by atoms with Gasteiger partial charge in [0.15, 0.2) is 11.4 Å². The van der Waals surface area contributed by atoms with Crippen molar-refractivity contribution in [1.29, 1.82) is 0 Å². The highest BCUT2D eigenvalue weighted by Crippen LogP contribution is 2.39. The van der Waals surface area contributed by atoms with Crippen LogP contribution in [0.5, 0.6) is 5.75 Å². The van der Waals surface area contributed by atoms with E-state index in [1.165, 1.54) is 0 Å². The minimum Gasteiger partial charge on any atom is -0.494 e. The number of aliphatic hydroxyl groups is 1. The number of hydrogen-bond acceptors (Lipinski definition) is 7. The van der Waals surface area contributed by atoms with E-state index in [4.69, 9.17) is 16.3 Å². The van der Waals surface area contributed by atoms with E-state index in [-0.39, 0.29) is 6.04 Å². The second kappa shape index (κ2) is 9.68. The molecule has 1 saturated heterocycles. The van der Waals surface area contributed by atoms with E-state index in [1.54, 1.807) is 33.4 Å². The summed E-state index contributed by atoms with van der Waals surface area (Å²) in [5.41, 5.74) is 4.00. The molecule has 0 saturated carbocycles. The molecule has 1 aliphatic rings. The lowest BCUT2D eigenvalue weighted by molar-refractivity contribution is 0.0734. The van der Waals surface area contributed by atoms with Crippen LogP contribution in [0.4, 0.5) is 17.2 Å². The van der Waals surface area contributed by atoms with Crippen molar-refractivity contribution in [2.45, 2.75) is 32.4 Å². The zero-order valence-corrected chi connectivity index (χ0v) is 21.5. The zero-order chi connectivity index (χ0) is 26.2. The molecule has 37 heavy (non-hydrogen) atoms. The lowest BCUT2D eigenvalue weighted by atomic mass is 10.0. The summed E-state index contributed by atoms with van der Waals surface area (Å²) in [4.78, 5) is 21.9. The Kier molecular flexibility index (Phi) is 6.40. The highest BCUT2D eigenvalue weighted by Gasteiger charge is 2.28. The molecule has 5 rings (SSSR count). The van der Waals surface area contributed by atoms with Crippen molar-refractivity contribution >= 4 is 28.1 Å². The summed E-state index contributed by atoms with van der Waals surface area (Å²) in [5, 5.41) is 11.1. The number of ether oxygens (including phenoxy) is 1. The second-order valence-electron chi connectivity index (χ2n) is 9.84. The van der Waals surface area contributed by atoms with Gasteiger partial charge in [-0.1, -0.05) is 36.4 Å². The predicted molar refractivity (Wildman–Crippen MR) is 146 cm³/mol. The Morgan fingerprint density at radius 3 is 2.43 bits per heavy atom. The highest BCUT2D eigenvalue weighted by atomic mass is 16.5. The molecular formula is C29H30N6O2. The third-order valence-corrected chi connectivity index (χ3v) is 6.87. The quantitative estimate of drug-likeness (QED) is 0.382. The summed E-state index contributed by atoms with van der Waals surface area (Å²) in [5.74, 6) is 1.61. The van der Waals surface area contributed by atoms with E-state index >= 15 is 0 Å². The summed E-state index contributed by atoms with van der Waals surface area (Å²) >= 11 is 0. The average molecular weight is 495 g/mol. The maximum absolute atomic E-state index is 10.2. The fourth-order valence-electron chi connectivity index (χ4n) is 4.88. The van der Waals surface area contributed by atoms with Crippen molar-refractivity contribution < 1.29 is 9.84 Å². The van der Waals surface area contributed by atoms with E-state index in [9.17, 15) is 5.11 Å². The number of pyridine rings is 1. The number of nitrogens with zero attached hydrogens (tertiary/aromatic N) is 6. The van der Waals surface area contributed by atoms with E-state index in [1.807, 2.05) is 48.7 Å². The molecule has 1 N–H and O–H groups in total. The van der Waals surface area contributed by atoms with Gasteiger partial charge in [-0.05, 0) is 32.4 Å². The molecule has 1 aliphatic heterocycles. The Morgan fingerprint density at radius 2 is 1.81 bits per heavy atom. The molecular weight excluding hydrogens is 464 g/mol. The van der Waals surface area contributed by atoms with E-state index < -0.39 is 5.60 Å². The van der Waals surface area contributed by atoms with Crippen LogP contribution in [0.2, 0.25) is 0 Å². The summed E-state index contributed by atoms with van der Waals surface area (Å²) in [6.07, 6.45) is 5.29. The number of hydrogen-bond donors (Lipinski definition) is 1. The number of rotatable bonds is 5. The highest BCUT2D eigenvalue weighted by molar-refractivity contribution is 5.99. The molecule has 4 aromatic rings. The molecule has 0 amide bonds. The Bertz CT molecular complexity index is 1460. The first-order chi connectivity index (χ1) is 17.8. The van der Waals surface area contributed by atoms with Gasteiger partial charge in [0, 0.05) is 36.6 Å². The Hall–Kier alpha value is -4.22. The van der Waals surface area contributed by atoms with Crippen molar-refractivity contribution in [1.82, 2.24) is 15.0 Å². The first-order valence-electron chi connectivity index (χ1n) is 12.3. The molecule has 8 nitrogen and oxygen atoms in total. The maximum Gasteiger partial charge on any atom is 0.187 e. The molecule has 0 spiro atoms. The summed E-state index contributed by atoms with van der Waals surface area (Å²) < 4.78 is 5.95. The first kappa shape index (κ1) is 24.5. The number of anilines is 2. The van der Waals surface area contributed by atoms with E-state index in [0.29, 0.717) is 11.4 Å². The average Bonchev–Trinajstić information content (AvgIpc) is 2.91. The first-order valence-corrected chi connectivity index (χ1v) is 12.3. The number of para-hydroxylation sites is 1. The number of piperazine rings is 1. The number of aromatic nitrogens is 3. The Labute approximate surface area is 217 Å². The third-order valence-electron chi connectivity index (χ3n) is 6.87. The number of benzene rings is 2. The molecule has 8 heteroatoms. The normalized spacial score (nSPS) is 16.1. The molecule has 0 bridgehead atoms. The maximum atomic E-state index is 10.2.